The third-order valence-electron chi connectivity index (χ3n) is 7.13. The molecule has 0 saturated carbocycles. The summed E-state index contributed by atoms with van der Waals surface area (Å²) in [6, 6.07) is 10.4. The third kappa shape index (κ3) is 5.90. The molecule has 1 aliphatic rings. The van der Waals surface area contributed by atoms with E-state index < -0.39 is 12.1 Å². The van der Waals surface area contributed by atoms with Crippen LogP contribution in [0.5, 0.6) is 0 Å². The van der Waals surface area contributed by atoms with Gasteiger partial charge >= 0.3 is 0 Å². The van der Waals surface area contributed by atoms with Crippen LogP contribution < -0.4 is 5.32 Å². The van der Waals surface area contributed by atoms with E-state index in [1.165, 1.54) is 0 Å². The van der Waals surface area contributed by atoms with Crippen molar-refractivity contribution in [3.8, 4) is 11.1 Å². The van der Waals surface area contributed by atoms with Crippen LogP contribution >= 0.6 is 11.6 Å². The summed E-state index contributed by atoms with van der Waals surface area (Å²) in [7, 11) is 0. The zero-order valence-electron chi connectivity index (χ0n) is 23.0. The number of carbonyl (C=O) groups excluding carboxylic acids is 2. The maximum atomic E-state index is 13.8. The van der Waals surface area contributed by atoms with Crippen LogP contribution in [-0.2, 0) is 15.0 Å². The minimum absolute atomic E-state index is 0.00733. The summed E-state index contributed by atoms with van der Waals surface area (Å²) in [4.78, 5) is 33.0. The highest BCUT2D eigenvalue weighted by atomic mass is 35.5. The molecule has 8 nitrogen and oxygen atoms in total. The Labute approximate surface area is 229 Å². The van der Waals surface area contributed by atoms with Gasteiger partial charge in [0.15, 0.2) is 0 Å². The van der Waals surface area contributed by atoms with Gasteiger partial charge in [0, 0.05) is 29.9 Å². The predicted octanol–water partition coefficient (Wildman–Crippen LogP) is 5.36. The second-order valence-corrected chi connectivity index (χ2v) is 11.8. The predicted molar refractivity (Wildman–Crippen MR) is 149 cm³/mol. The van der Waals surface area contributed by atoms with Gasteiger partial charge in [-0.25, -0.2) is 9.67 Å². The lowest BCUT2D eigenvalue weighted by Crippen LogP contribution is -2.49. The van der Waals surface area contributed by atoms with Crippen molar-refractivity contribution in [3.05, 3.63) is 65.2 Å². The van der Waals surface area contributed by atoms with E-state index in [9.17, 15) is 9.59 Å². The Morgan fingerprint density at radius 3 is 2.42 bits per heavy atom. The van der Waals surface area contributed by atoms with Gasteiger partial charge in [-0.1, -0.05) is 75.7 Å². The van der Waals surface area contributed by atoms with Crippen LogP contribution in [0.4, 0.5) is 0 Å². The first-order valence-electron chi connectivity index (χ1n) is 13.2. The minimum Gasteiger partial charge on any atom is -0.348 e. The normalized spacial score (nSPS) is 17.5. The van der Waals surface area contributed by atoms with E-state index in [4.69, 9.17) is 11.6 Å². The van der Waals surface area contributed by atoms with Crippen molar-refractivity contribution in [1.29, 1.82) is 0 Å². The Balaban J connectivity index is 1.46. The van der Waals surface area contributed by atoms with Gasteiger partial charge in [-0.15, -0.1) is 5.10 Å². The van der Waals surface area contributed by atoms with Gasteiger partial charge in [0.25, 0.3) is 0 Å². The Hall–Kier alpha value is -3.26. The fourth-order valence-corrected chi connectivity index (χ4v) is 5.11. The van der Waals surface area contributed by atoms with Gasteiger partial charge in [-0.05, 0) is 48.9 Å². The quantitative estimate of drug-likeness (QED) is 0.410. The maximum absolute atomic E-state index is 13.8. The number of pyridine rings is 1. The molecule has 0 bridgehead atoms. The highest BCUT2D eigenvalue weighted by Crippen LogP contribution is 2.29. The van der Waals surface area contributed by atoms with Crippen LogP contribution in [0, 0.1) is 5.92 Å². The Kier molecular flexibility index (Phi) is 8.21. The Bertz CT molecular complexity index is 1280. The highest BCUT2D eigenvalue weighted by Gasteiger charge is 2.39. The summed E-state index contributed by atoms with van der Waals surface area (Å²) in [6.07, 6.45) is 4.94. The number of rotatable bonds is 7. The van der Waals surface area contributed by atoms with Crippen molar-refractivity contribution >= 4 is 23.4 Å². The number of halogens is 1. The van der Waals surface area contributed by atoms with Crippen LogP contribution in [0.2, 0.25) is 5.15 Å². The number of hydrogen-bond donors (Lipinski definition) is 1. The minimum atomic E-state index is -0.517. The third-order valence-corrected chi connectivity index (χ3v) is 7.43. The van der Waals surface area contributed by atoms with Crippen molar-refractivity contribution in [2.75, 3.05) is 6.54 Å². The van der Waals surface area contributed by atoms with Crippen LogP contribution in [0.15, 0.2) is 48.8 Å². The molecule has 3 heterocycles. The topological polar surface area (TPSA) is 93.0 Å². The summed E-state index contributed by atoms with van der Waals surface area (Å²) < 4.78 is 1.67. The van der Waals surface area contributed by atoms with Crippen LogP contribution in [-0.4, -0.2) is 49.3 Å². The molecule has 3 atom stereocenters. The van der Waals surface area contributed by atoms with E-state index in [1.54, 1.807) is 15.8 Å². The van der Waals surface area contributed by atoms with Crippen molar-refractivity contribution < 1.29 is 9.59 Å². The molecule has 3 aromatic rings. The standard InChI is InChI=1S/C29H37ClN6O2/c1-18(2)25(36-17-24(33-34-36)29(4,5)6)28(38)35-16-8-10-23(35)27(37)32-19(3)20-11-13-21(14-12-20)22-9-7-15-31-26(22)30/h7,9,11-15,17-19,23,25H,8,10,16H2,1-6H3,(H,32,37)/t19-,23-,25-/m0/s1. The van der Waals surface area contributed by atoms with Gasteiger partial charge in [-0.3, -0.25) is 9.59 Å². The van der Waals surface area contributed by atoms with Crippen molar-refractivity contribution in [3.63, 3.8) is 0 Å². The number of nitrogens with zero attached hydrogens (tertiary/aromatic N) is 5. The average Bonchev–Trinajstić information content (AvgIpc) is 3.55. The maximum Gasteiger partial charge on any atom is 0.248 e. The van der Waals surface area contributed by atoms with Gasteiger partial charge < -0.3 is 10.2 Å². The van der Waals surface area contributed by atoms with Gasteiger partial charge in [0.2, 0.25) is 11.8 Å². The molecule has 1 fully saturated rings. The number of benzene rings is 1. The summed E-state index contributed by atoms with van der Waals surface area (Å²) in [5, 5.41) is 12.2. The van der Waals surface area contributed by atoms with E-state index in [0.29, 0.717) is 18.1 Å². The molecular formula is C29H37ClN6O2. The van der Waals surface area contributed by atoms with Crippen molar-refractivity contribution in [2.24, 2.45) is 5.92 Å². The van der Waals surface area contributed by atoms with E-state index in [0.717, 1.165) is 28.8 Å². The summed E-state index contributed by atoms with van der Waals surface area (Å²) >= 11 is 6.23. The molecule has 38 heavy (non-hydrogen) atoms. The monoisotopic (exact) mass is 536 g/mol. The lowest BCUT2D eigenvalue weighted by Gasteiger charge is -2.30. The van der Waals surface area contributed by atoms with E-state index in [-0.39, 0.29) is 29.2 Å². The van der Waals surface area contributed by atoms with E-state index in [2.05, 4.69) is 41.4 Å². The first-order valence-corrected chi connectivity index (χ1v) is 13.6. The smallest absolute Gasteiger partial charge is 0.248 e. The lowest BCUT2D eigenvalue weighted by atomic mass is 9.93. The molecule has 2 amide bonds. The van der Waals surface area contributed by atoms with Gasteiger partial charge in [0.1, 0.15) is 17.2 Å². The molecule has 1 aromatic carbocycles. The number of aromatic nitrogens is 4. The number of nitrogens with one attached hydrogen (secondary N) is 1. The lowest BCUT2D eigenvalue weighted by molar-refractivity contribution is -0.142. The number of hydrogen-bond acceptors (Lipinski definition) is 5. The molecule has 0 radical (unpaired) electrons. The van der Waals surface area contributed by atoms with Crippen molar-refractivity contribution in [2.45, 2.75) is 77.9 Å². The van der Waals surface area contributed by atoms with Crippen molar-refractivity contribution in [1.82, 2.24) is 30.2 Å². The molecule has 202 valence electrons. The molecule has 0 spiro atoms. The molecular weight excluding hydrogens is 500 g/mol. The largest absolute Gasteiger partial charge is 0.348 e. The molecule has 9 heteroatoms. The number of carbonyl (C=O) groups is 2. The van der Waals surface area contributed by atoms with Crippen LogP contribution in [0.1, 0.15) is 77.7 Å². The summed E-state index contributed by atoms with van der Waals surface area (Å²) in [6.45, 7) is 12.7. The summed E-state index contributed by atoms with van der Waals surface area (Å²) in [5.74, 6) is -0.236. The van der Waals surface area contributed by atoms with E-state index >= 15 is 0 Å². The van der Waals surface area contributed by atoms with Gasteiger partial charge in [-0.2, -0.15) is 0 Å². The second kappa shape index (κ2) is 11.2. The fraction of sp³-hybridized carbons (Fsp3) is 0.483. The fourth-order valence-electron chi connectivity index (χ4n) is 4.88. The number of amides is 2. The van der Waals surface area contributed by atoms with Crippen LogP contribution in [0.3, 0.4) is 0 Å². The average molecular weight is 537 g/mol. The molecule has 4 rings (SSSR count). The number of likely N-dealkylation sites (tertiary alicyclic amines) is 1. The zero-order valence-corrected chi connectivity index (χ0v) is 23.7. The van der Waals surface area contributed by atoms with Gasteiger partial charge in [0.05, 0.1) is 11.7 Å². The van der Waals surface area contributed by atoms with Crippen LogP contribution in [0.25, 0.3) is 11.1 Å². The molecule has 0 aliphatic carbocycles. The SMILES string of the molecule is CC(C)[C@@H](C(=O)N1CCC[C@H]1C(=O)N[C@@H](C)c1ccc(-c2cccnc2Cl)cc1)n1cc(C(C)(C)C)nn1. The first kappa shape index (κ1) is 27.8. The second-order valence-electron chi connectivity index (χ2n) is 11.4. The molecule has 1 aliphatic heterocycles. The highest BCUT2D eigenvalue weighted by molar-refractivity contribution is 6.32. The Morgan fingerprint density at radius 1 is 1.11 bits per heavy atom. The molecule has 0 unspecified atom stereocenters. The zero-order chi connectivity index (χ0) is 27.6. The molecule has 1 saturated heterocycles. The molecule has 1 N–H and O–H groups in total. The summed E-state index contributed by atoms with van der Waals surface area (Å²) in [5.41, 5.74) is 3.45. The Morgan fingerprint density at radius 2 is 1.82 bits per heavy atom. The van der Waals surface area contributed by atoms with E-state index in [1.807, 2.05) is 63.4 Å². The first-order chi connectivity index (χ1) is 18.0. The molecule has 2 aromatic heterocycles.